The number of aryl methyl sites for hydroxylation is 1. The first-order chi connectivity index (χ1) is 17.7. The molecular formula is C27H25FN4O5. The fourth-order valence-corrected chi connectivity index (χ4v) is 4.84. The summed E-state index contributed by atoms with van der Waals surface area (Å²) in [4.78, 5) is 42.0. The molecule has 2 aromatic heterocycles. The van der Waals surface area contributed by atoms with E-state index in [2.05, 4.69) is 22.1 Å². The van der Waals surface area contributed by atoms with Crippen molar-refractivity contribution < 1.29 is 23.8 Å². The van der Waals surface area contributed by atoms with Crippen molar-refractivity contribution in [1.29, 1.82) is 0 Å². The van der Waals surface area contributed by atoms with Gasteiger partial charge in [-0.05, 0) is 31.0 Å². The van der Waals surface area contributed by atoms with E-state index < -0.39 is 17.4 Å². The van der Waals surface area contributed by atoms with Crippen molar-refractivity contribution in [3.8, 4) is 23.2 Å². The summed E-state index contributed by atoms with van der Waals surface area (Å²) in [6.45, 7) is 3.43. The van der Waals surface area contributed by atoms with Crippen LogP contribution in [0.1, 0.15) is 47.6 Å². The highest BCUT2D eigenvalue weighted by molar-refractivity contribution is 5.92. The predicted molar refractivity (Wildman–Crippen MR) is 133 cm³/mol. The van der Waals surface area contributed by atoms with Crippen molar-refractivity contribution in [2.75, 3.05) is 13.1 Å². The van der Waals surface area contributed by atoms with Gasteiger partial charge in [0.1, 0.15) is 12.4 Å². The van der Waals surface area contributed by atoms with E-state index in [4.69, 9.17) is 10.5 Å². The van der Waals surface area contributed by atoms with Crippen LogP contribution in [-0.4, -0.2) is 39.6 Å². The lowest BCUT2D eigenvalue weighted by atomic mass is 9.86. The topological polar surface area (TPSA) is 137 Å². The second-order valence-corrected chi connectivity index (χ2v) is 9.14. The number of benzene rings is 1. The second-order valence-electron chi connectivity index (χ2n) is 9.14. The van der Waals surface area contributed by atoms with Crippen LogP contribution in [0.2, 0.25) is 0 Å². The molecule has 3 aromatic rings. The van der Waals surface area contributed by atoms with Gasteiger partial charge in [0.25, 0.3) is 5.56 Å². The minimum atomic E-state index is -1.94. The second kappa shape index (κ2) is 9.10. The number of rotatable bonds is 4. The fourth-order valence-electron chi connectivity index (χ4n) is 4.84. The normalized spacial score (nSPS) is 17.4. The van der Waals surface area contributed by atoms with Gasteiger partial charge in [-0.1, -0.05) is 18.8 Å². The highest BCUT2D eigenvalue weighted by Gasteiger charge is 2.45. The molecule has 2 aliphatic rings. The Morgan fingerprint density at radius 3 is 2.84 bits per heavy atom. The summed E-state index contributed by atoms with van der Waals surface area (Å²) in [6.07, 6.45) is 0.385. The van der Waals surface area contributed by atoms with Gasteiger partial charge in [-0.15, -0.1) is 0 Å². The van der Waals surface area contributed by atoms with Crippen molar-refractivity contribution >= 4 is 22.8 Å². The molecule has 0 saturated carbocycles. The maximum absolute atomic E-state index is 14.5. The van der Waals surface area contributed by atoms with E-state index in [1.54, 1.807) is 26.0 Å². The summed E-state index contributed by atoms with van der Waals surface area (Å²) in [5, 5.41) is 14.4. The van der Waals surface area contributed by atoms with E-state index in [0.717, 1.165) is 0 Å². The number of nitrogens with two attached hydrogens (primary N) is 1. The van der Waals surface area contributed by atoms with E-state index in [1.165, 1.54) is 10.6 Å². The lowest BCUT2D eigenvalue weighted by molar-refractivity contribution is -0.172. The van der Waals surface area contributed by atoms with Gasteiger partial charge in [-0.25, -0.2) is 14.2 Å². The van der Waals surface area contributed by atoms with E-state index in [1.807, 2.05) is 0 Å². The Morgan fingerprint density at radius 1 is 1.32 bits per heavy atom. The highest BCUT2D eigenvalue weighted by atomic mass is 19.1. The molecule has 0 saturated heterocycles. The van der Waals surface area contributed by atoms with E-state index in [-0.39, 0.29) is 48.7 Å². The Bertz CT molecular complexity index is 1620. The molecule has 2 aliphatic heterocycles. The van der Waals surface area contributed by atoms with Crippen LogP contribution in [0.3, 0.4) is 0 Å². The molecular weight excluding hydrogens is 479 g/mol. The summed E-state index contributed by atoms with van der Waals surface area (Å²) < 4.78 is 21.1. The van der Waals surface area contributed by atoms with Crippen LogP contribution in [0, 0.1) is 24.6 Å². The number of nitrogens with zero attached hydrogens (tertiary/aromatic N) is 2. The molecule has 0 unspecified atom stereocenters. The van der Waals surface area contributed by atoms with Gasteiger partial charge in [-0.2, -0.15) is 0 Å². The summed E-state index contributed by atoms with van der Waals surface area (Å²) in [7, 11) is 0. The molecule has 9 nitrogen and oxygen atoms in total. The van der Waals surface area contributed by atoms with Crippen molar-refractivity contribution in [2.24, 2.45) is 5.73 Å². The van der Waals surface area contributed by atoms with E-state index >= 15 is 0 Å². The molecule has 0 aliphatic carbocycles. The third-order valence-electron chi connectivity index (χ3n) is 6.94. The quantitative estimate of drug-likeness (QED) is 0.217. The zero-order valence-electron chi connectivity index (χ0n) is 20.4. The van der Waals surface area contributed by atoms with Crippen LogP contribution in [-0.2, 0) is 33.1 Å². The molecule has 1 aromatic carbocycles. The maximum atomic E-state index is 14.5. The minimum absolute atomic E-state index is 0.0294. The summed E-state index contributed by atoms with van der Waals surface area (Å²) in [5.41, 5.74) is 6.34. The third kappa shape index (κ3) is 3.87. The van der Waals surface area contributed by atoms with Crippen molar-refractivity contribution in [3.63, 3.8) is 0 Å². The maximum Gasteiger partial charge on any atom is 0.343 e. The molecule has 0 radical (unpaired) electrons. The summed E-state index contributed by atoms with van der Waals surface area (Å²) >= 11 is 0. The van der Waals surface area contributed by atoms with E-state index in [9.17, 15) is 23.9 Å². The fraction of sp³-hybridized carbons (Fsp3) is 0.333. The van der Waals surface area contributed by atoms with Gasteiger partial charge in [-0.3, -0.25) is 9.59 Å². The Balaban J connectivity index is 1.69. The zero-order valence-corrected chi connectivity index (χ0v) is 20.4. The smallest absolute Gasteiger partial charge is 0.343 e. The molecule has 1 atom stereocenters. The number of cyclic esters (lactones) is 1. The van der Waals surface area contributed by atoms with Gasteiger partial charge in [0.05, 0.1) is 35.6 Å². The van der Waals surface area contributed by atoms with Gasteiger partial charge >= 0.3 is 5.97 Å². The van der Waals surface area contributed by atoms with Crippen LogP contribution in [0.5, 0.6) is 0 Å². The monoisotopic (exact) mass is 504 g/mol. The van der Waals surface area contributed by atoms with Gasteiger partial charge in [0.15, 0.2) is 5.60 Å². The van der Waals surface area contributed by atoms with Gasteiger partial charge in [0, 0.05) is 41.1 Å². The third-order valence-corrected chi connectivity index (χ3v) is 6.94. The average molecular weight is 505 g/mol. The van der Waals surface area contributed by atoms with Crippen LogP contribution < -0.4 is 16.6 Å². The first-order valence-corrected chi connectivity index (χ1v) is 11.9. The summed E-state index contributed by atoms with van der Waals surface area (Å²) in [5.74, 6) is 4.68. The van der Waals surface area contributed by atoms with Crippen molar-refractivity contribution in [1.82, 2.24) is 14.9 Å². The number of fused-ring (bicyclic) bond motifs is 5. The minimum Gasteiger partial charge on any atom is -0.458 e. The molecule has 1 amide bonds. The predicted octanol–water partition coefficient (Wildman–Crippen LogP) is 1.34. The standard InChI is InChI=1S/C27H25FN4O5/c1-3-27(36)19-9-22-24-17(12-32(22)25(34)18(19)13-37-26(27)35)15(6-4-5-7-30-23(33)11-29)16-8-14(2)20(28)10-21(16)31-24/h8-10,36H,3,5,7,11-13,29H2,1-2H3,(H,30,33)/t27-/m0/s1. The number of esters is 1. The van der Waals surface area contributed by atoms with Gasteiger partial charge in [0.2, 0.25) is 5.91 Å². The molecule has 10 heteroatoms. The Morgan fingerprint density at radius 2 is 2.11 bits per heavy atom. The largest absolute Gasteiger partial charge is 0.458 e. The molecule has 4 heterocycles. The molecule has 190 valence electrons. The molecule has 0 spiro atoms. The Hall–Kier alpha value is -4.07. The van der Waals surface area contributed by atoms with Crippen LogP contribution in [0.15, 0.2) is 23.0 Å². The lowest BCUT2D eigenvalue weighted by Crippen LogP contribution is -2.44. The SMILES string of the molecule is CC[C@@]1(O)C(=O)OCc2c1cc1n(c2=O)Cc2c-1nc1cc(F)c(C)cc1c2C#CCCNC(=O)CN. The average Bonchev–Trinajstić information content (AvgIpc) is 3.25. The Labute approximate surface area is 211 Å². The number of hydrogen-bond acceptors (Lipinski definition) is 7. The number of halogens is 1. The molecule has 37 heavy (non-hydrogen) atoms. The Kier molecular flexibility index (Phi) is 6.06. The number of aliphatic hydroxyl groups is 1. The molecule has 4 N–H and O–H groups in total. The van der Waals surface area contributed by atoms with Crippen molar-refractivity contribution in [3.05, 3.63) is 62.2 Å². The first-order valence-electron chi connectivity index (χ1n) is 11.9. The number of aromatic nitrogens is 2. The number of hydrogen-bond donors (Lipinski definition) is 3. The number of ether oxygens (including phenoxy) is 1. The zero-order chi connectivity index (χ0) is 26.5. The van der Waals surface area contributed by atoms with Crippen LogP contribution in [0.25, 0.3) is 22.3 Å². The number of carbonyl (C=O) groups excluding carboxylic acids is 2. The van der Waals surface area contributed by atoms with Crippen LogP contribution in [0.4, 0.5) is 4.39 Å². The molecule has 0 bridgehead atoms. The first kappa shape index (κ1) is 24.6. The van der Waals surface area contributed by atoms with Crippen molar-refractivity contribution in [2.45, 2.75) is 45.4 Å². The highest BCUT2D eigenvalue weighted by Crippen LogP contribution is 2.40. The lowest BCUT2D eigenvalue weighted by Gasteiger charge is -2.31. The van der Waals surface area contributed by atoms with E-state index in [0.29, 0.717) is 51.9 Å². The molecule has 0 fully saturated rings. The number of amides is 1. The summed E-state index contributed by atoms with van der Waals surface area (Å²) in [6, 6.07) is 4.61. The number of pyridine rings is 2. The van der Waals surface area contributed by atoms with Gasteiger partial charge < -0.3 is 25.5 Å². The number of nitrogens with one attached hydrogen (secondary N) is 1. The molecule has 5 rings (SSSR count). The van der Waals surface area contributed by atoms with Crippen LogP contribution >= 0.6 is 0 Å². The number of carbonyl (C=O) groups is 2.